The second-order valence-electron chi connectivity index (χ2n) is 5.13. The lowest BCUT2D eigenvalue weighted by atomic mass is 10.0. The molecule has 1 atom stereocenters. The number of pyridine rings is 1. The van der Waals surface area contributed by atoms with Crippen LogP contribution >= 0.6 is 11.6 Å². The highest BCUT2D eigenvalue weighted by Gasteiger charge is 2.21. The van der Waals surface area contributed by atoms with Gasteiger partial charge in [-0.15, -0.1) is 0 Å². The van der Waals surface area contributed by atoms with E-state index < -0.39 is 11.6 Å². The van der Waals surface area contributed by atoms with E-state index in [9.17, 15) is 13.9 Å². The highest BCUT2D eigenvalue weighted by Crippen LogP contribution is 2.38. The zero-order valence-electron chi connectivity index (χ0n) is 12.2. The SMILES string of the molecule is [CH2][C@@H](CC)n1c(O)nc2ncc(Cl)c(-c3ccc(F)c(F)c3)c21. The molecule has 0 spiro atoms. The van der Waals surface area contributed by atoms with Crippen LogP contribution in [0.15, 0.2) is 24.4 Å². The van der Waals surface area contributed by atoms with Crippen molar-refractivity contribution in [2.45, 2.75) is 19.4 Å². The van der Waals surface area contributed by atoms with Gasteiger partial charge >= 0.3 is 0 Å². The Labute approximate surface area is 136 Å². The van der Waals surface area contributed by atoms with E-state index in [1.807, 2.05) is 6.92 Å². The first-order chi connectivity index (χ1) is 10.9. The van der Waals surface area contributed by atoms with E-state index in [2.05, 4.69) is 16.9 Å². The van der Waals surface area contributed by atoms with E-state index >= 15 is 0 Å². The topological polar surface area (TPSA) is 50.9 Å². The molecule has 0 aliphatic rings. The summed E-state index contributed by atoms with van der Waals surface area (Å²) in [6.45, 7) is 5.87. The molecule has 0 unspecified atom stereocenters. The van der Waals surface area contributed by atoms with Crippen molar-refractivity contribution in [1.82, 2.24) is 14.5 Å². The molecular weight excluding hydrogens is 324 g/mol. The number of rotatable bonds is 3. The Kier molecular flexibility index (Phi) is 3.93. The minimum absolute atomic E-state index is 0.243. The fourth-order valence-electron chi connectivity index (χ4n) is 2.48. The van der Waals surface area contributed by atoms with E-state index in [-0.39, 0.29) is 22.7 Å². The summed E-state index contributed by atoms with van der Waals surface area (Å²) in [7, 11) is 0. The summed E-state index contributed by atoms with van der Waals surface area (Å²) in [5.41, 5.74) is 1.48. The van der Waals surface area contributed by atoms with Gasteiger partial charge in [-0.3, -0.25) is 4.57 Å². The molecule has 0 saturated carbocycles. The average Bonchev–Trinajstić information content (AvgIpc) is 2.85. The van der Waals surface area contributed by atoms with Crippen molar-refractivity contribution in [2.24, 2.45) is 0 Å². The lowest BCUT2D eigenvalue weighted by Crippen LogP contribution is -2.04. The van der Waals surface area contributed by atoms with Gasteiger partial charge in [0.2, 0.25) is 0 Å². The number of aromatic nitrogens is 3. The molecule has 1 aromatic carbocycles. The van der Waals surface area contributed by atoms with Crippen LogP contribution in [0, 0.1) is 18.6 Å². The third kappa shape index (κ3) is 2.53. The van der Waals surface area contributed by atoms with Crippen LogP contribution in [0.3, 0.4) is 0 Å². The number of hydrogen-bond donors (Lipinski definition) is 1. The van der Waals surface area contributed by atoms with Gasteiger partial charge in [0, 0.05) is 17.8 Å². The van der Waals surface area contributed by atoms with Crippen molar-refractivity contribution in [1.29, 1.82) is 0 Å². The molecule has 1 radical (unpaired) electrons. The number of imidazole rings is 1. The second-order valence-corrected chi connectivity index (χ2v) is 5.53. The predicted molar refractivity (Wildman–Crippen MR) is 84.2 cm³/mol. The number of hydrogen-bond acceptors (Lipinski definition) is 3. The van der Waals surface area contributed by atoms with Crippen LogP contribution in [0.5, 0.6) is 6.01 Å². The minimum Gasteiger partial charge on any atom is -0.480 e. The summed E-state index contributed by atoms with van der Waals surface area (Å²) in [6, 6.07) is 2.92. The molecule has 3 aromatic rings. The van der Waals surface area contributed by atoms with E-state index in [0.29, 0.717) is 23.1 Å². The summed E-state index contributed by atoms with van der Waals surface area (Å²) < 4.78 is 28.3. The van der Waals surface area contributed by atoms with Gasteiger partial charge in [-0.05, 0) is 31.0 Å². The molecule has 4 nitrogen and oxygen atoms in total. The Morgan fingerprint density at radius 1 is 1.35 bits per heavy atom. The molecule has 2 heterocycles. The Morgan fingerprint density at radius 3 is 2.74 bits per heavy atom. The first-order valence-electron chi connectivity index (χ1n) is 6.98. The Bertz CT molecular complexity index is 895. The van der Waals surface area contributed by atoms with Crippen LogP contribution in [-0.2, 0) is 0 Å². The van der Waals surface area contributed by atoms with Gasteiger partial charge in [0.25, 0.3) is 6.01 Å². The van der Waals surface area contributed by atoms with Gasteiger partial charge in [0.1, 0.15) is 5.52 Å². The summed E-state index contributed by atoms with van der Waals surface area (Å²) in [6.07, 6.45) is 1.99. The second kappa shape index (κ2) is 5.77. The predicted octanol–water partition coefficient (Wildman–Crippen LogP) is 4.52. The van der Waals surface area contributed by atoms with Crippen LogP contribution < -0.4 is 0 Å². The van der Waals surface area contributed by atoms with Crippen LogP contribution in [-0.4, -0.2) is 19.6 Å². The molecule has 0 fully saturated rings. The highest BCUT2D eigenvalue weighted by molar-refractivity contribution is 6.34. The average molecular weight is 337 g/mol. The molecule has 0 aliphatic carbocycles. The smallest absolute Gasteiger partial charge is 0.296 e. The van der Waals surface area contributed by atoms with Crippen molar-refractivity contribution in [3.05, 3.63) is 48.0 Å². The van der Waals surface area contributed by atoms with Crippen LogP contribution in [0.25, 0.3) is 22.3 Å². The van der Waals surface area contributed by atoms with Crippen molar-refractivity contribution >= 4 is 22.8 Å². The molecule has 1 N–H and O–H groups in total. The Balaban J connectivity index is 2.39. The fraction of sp³-hybridized carbons (Fsp3) is 0.188. The van der Waals surface area contributed by atoms with Gasteiger partial charge in [-0.2, -0.15) is 4.98 Å². The molecular formula is C16H13ClF2N3O. The zero-order valence-corrected chi connectivity index (χ0v) is 13.0. The lowest BCUT2D eigenvalue weighted by molar-refractivity contribution is 0.387. The molecule has 0 bridgehead atoms. The third-order valence-electron chi connectivity index (χ3n) is 3.69. The van der Waals surface area contributed by atoms with Crippen LogP contribution in [0.2, 0.25) is 5.02 Å². The van der Waals surface area contributed by atoms with Crippen LogP contribution in [0.4, 0.5) is 8.78 Å². The summed E-state index contributed by atoms with van der Waals surface area (Å²) in [5.74, 6) is -1.93. The first-order valence-corrected chi connectivity index (χ1v) is 7.35. The zero-order chi connectivity index (χ0) is 16.7. The molecule has 2 aromatic heterocycles. The molecule has 3 rings (SSSR count). The lowest BCUT2D eigenvalue weighted by Gasteiger charge is -2.15. The number of halogens is 3. The fourth-order valence-corrected chi connectivity index (χ4v) is 2.73. The van der Waals surface area contributed by atoms with Gasteiger partial charge in [-0.25, -0.2) is 13.8 Å². The first kappa shape index (κ1) is 15.7. The van der Waals surface area contributed by atoms with E-state index in [1.165, 1.54) is 16.8 Å². The monoisotopic (exact) mass is 336 g/mol. The Morgan fingerprint density at radius 2 is 2.09 bits per heavy atom. The summed E-state index contributed by atoms with van der Waals surface area (Å²) in [4.78, 5) is 8.08. The van der Waals surface area contributed by atoms with E-state index in [0.717, 1.165) is 12.1 Å². The van der Waals surface area contributed by atoms with E-state index in [1.54, 1.807) is 0 Å². The maximum atomic E-state index is 13.6. The van der Waals surface area contributed by atoms with Crippen molar-refractivity contribution in [2.75, 3.05) is 0 Å². The van der Waals surface area contributed by atoms with E-state index in [4.69, 9.17) is 11.6 Å². The van der Waals surface area contributed by atoms with Gasteiger partial charge in [0.15, 0.2) is 17.3 Å². The maximum Gasteiger partial charge on any atom is 0.296 e. The third-order valence-corrected chi connectivity index (χ3v) is 3.98. The molecule has 23 heavy (non-hydrogen) atoms. The Hall–Kier alpha value is -2.21. The highest BCUT2D eigenvalue weighted by atomic mass is 35.5. The standard InChI is InChI=1S/C16H13ClF2N3O/c1-3-8(2)22-14-13(9-4-5-11(18)12(19)6-9)10(17)7-20-15(14)21-16(22)23/h4-8H,2-3H2,1H3,(H,20,21,23)/t8-/m0/s1. The molecule has 119 valence electrons. The molecule has 7 heteroatoms. The largest absolute Gasteiger partial charge is 0.480 e. The summed E-state index contributed by atoms with van der Waals surface area (Å²) in [5, 5.41) is 10.3. The number of benzene rings is 1. The van der Waals surface area contributed by atoms with Crippen molar-refractivity contribution in [3.63, 3.8) is 0 Å². The normalized spacial score (nSPS) is 12.7. The van der Waals surface area contributed by atoms with Gasteiger partial charge in [0.05, 0.1) is 5.02 Å². The maximum absolute atomic E-state index is 13.6. The van der Waals surface area contributed by atoms with Crippen LogP contribution in [0.1, 0.15) is 19.4 Å². The van der Waals surface area contributed by atoms with Gasteiger partial charge < -0.3 is 5.11 Å². The number of nitrogens with zero attached hydrogens (tertiary/aromatic N) is 3. The van der Waals surface area contributed by atoms with Crippen molar-refractivity contribution < 1.29 is 13.9 Å². The number of fused-ring (bicyclic) bond motifs is 1. The number of aromatic hydroxyl groups is 1. The quantitative estimate of drug-likeness (QED) is 0.765. The van der Waals surface area contributed by atoms with Crippen molar-refractivity contribution in [3.8, 4) is 17.1 Å². The molecule has 0 amide bonds. The molecule has 0 saturated heterocycles. The summed E-state index contributed by atoms with van der Waals surface area (Å²) >= 11 is 6.24. The molecule has 0 aliphatic heterocycles. The minimum atomic E-state index is -0.986. The van der Waals surface area contributed by atoms with Gasteiger partial charge in [-0.1, -0.05) is 24.6 Å².